The Bertz CT molecular complexity index is 559. The summed E-state index contributed by atoms with van der Waals surface area (Å²) < 4.78 is 5.18. The first kappa shape index (κ1) is 17.3. The summed E-state index contributed by atoms with van der Waals surface area (Å²) in [6, 6.07) is 5.54. The maximum atomic E-state index is 10.2. The van der Waals surface area contributed by atoms with E-state index < -0.39 is 0 Å². The van der Waals surface area contributed by atoms with Gasteiger partial charge in [-0.1, -0.05) is 31.7 Å². The summed E-state index contributed by atoms with van der Waals surface area (Å²) in [5, 5.41) is 10.2. The van der Waals surface area contributed by atoms with Gasteiger partial charge in [0.05, 0.1) is 13.7 Å². The van der Waals surface area contributed by atoms with Crippen molar-refractivity contribution in [2.45, 2.75) is 56.9 Å². The van der Waals surface area contributed by atoms with E-state index in [9.17, 15) is 5.11 Å². The molecule has 1 heterocycles. The fraction of sp³-hybridized carbons (Fsp3) is 0.650. The molecule has 0 atom stereocenters. The Kier molecular flexibility index (Phi) is 5.77. The van der Waals surface area contributed by atoms with Gasteiger partial charge in [0.25, 0.3) is 0 Å². The number of piperidine rings is 1. The number of aromatic hydroxyl groups is 1. The van der Waals surface area contributed by atoms with Gasteiger partial charge in [0.1, 0.15) is 0 Å². The van der Waals surface area contributed by atoms with Gasteiger partial charge in [-0.3, -0.25) is 9.89 Å². The Morgan fingerprint density at radius 3 is 2.54 bits per heavy atom. The topological polar surface area (TPSA) is 45.1 Å². The highest BCUT2D eigenvalue weighted by atomic mass is 16.5. The molecule has 0 unspecified atom stereocenters. The van der Waals surface area contributed by atoms with Crippen LogP contribution in [0.3, 0.4) is 0 Å². The summed E-state index contributed by atoms with van der Waals surface area (Å²) in [6.45, 7) is 3.28. The second-order valence-electron chi connectivity index (χ2n) is 7.20. The largest absolute Gasteiger partial charge is 0.504 e. The van der Waals surface area contributed by atoms with Gasteiger partial charge < -0.3 is 9.84 Å². The molecule has 2 fully saturated rings. The Hall–Kier alpha value is -1.55. The molecule has 1 aromatic rings. The minimum absolute atomic E-state index is 0.180. The van der Waals surface area contributed by atoms with Gasteiger partial charge in [0, 0.05) is 17.3 Å². The van der Waals surface area contributed by atoms with Crippen molar-refractivity contribution < 1.29 is 9.84 Å². The Morgan fingerprint density at radius 1 is 1.12 bits per heavy atom. The van der Waals surface area contributed by atoms with Crippen LogP contribution in [-0.4, -0.2) is 48.5 Å². The van der Waals surface area contributed by atoms with Crippen LogP contribution in [0.25, 0.3) is 0 Å². The fourth-order valence-electron chi connectivity index (χ4n) is 4.27. The Morgan fingerprint density at radius 2 is 1.83 bits per heavy atom. The lowest BCUT2D eigenvalue weighted by molar-refractivity contribution is 0.0409. The van der Waals surface area contributed by atoms with Crippen molar-refractivity contribution in [2.24, 2.45) is 4.99 Å². The van der Waals surface area contributed by atoms with E-state index in [1.165, 1.54) is 64.5 Å². The summed E-state index contributed by atoms with van der Waals surface area (Å²) in [5.41, 5.74) is 0.975. The van der Waals surface area contributed by atoms with Crippen molar-refractivity contribution in [1.82, 2.24) is 4.90 Å². The van der Waals surface area contributed by atoms with E-state index in [0.717, 1.165) is 12.1 Å². The average Bonchev–Trinajstić information content (AvgIpc) is 2.65. The normalized spacial score (nSPS) is 21.9. The predicted octanol–water partition coefficient (Wildman–Crippen LogP) is 4.01. The van der Waals surface area contributed by atoms with Gasteiger partial charge in [0.15, 0.2) is 11.5 Å². The zero-order chi connectivity index (χ0) is 16.8. The number of para-hydroxylation sites is 1. The number of phenolic OH excluding ortho intramolecular Hbond substituents is 1. The summed E-state index contributed by atoms with van der Waals surface area (Å²) in [5.74, 6) is 0.682. The highest BCUT2D eigenvalue weighted by molar-refractivity contribution is 5.84. The quantitative estimate of drug-likeness (QED) is 0.830. The van der Waals surface area contributed by atoms with Crippen LogP contribution >= 0.6 is 0 Å². The molecule has 132 valence electrons. The van der Waals surface area contributed by atoms with E-state index in [4.69, 9.17) is 9.73 Å². The van der Waals surface area contributed by atoms with Gasteiger partial charge in [-0.25, -0.2) is 0 Å². The van der Waals surface area contributed by atoms with Gasteiger partial charge in [-0.15, -0.1) is 0 Å². The Balaban J connectivity index is 1.73. The molecule has 1 aliphatic heterocycles. The summed E-state index contributed by atoms with van der Waals surface area (Å²) in [7, 11) is 1.57. The average molecular weight is 330 g/mol. The third kappa shape index (κ3) is 3.75. The Labute approximate surface area is 145 Å². The van der Waals surface area contributed by atoms with E-state index >= 15 is 0 Å². The second-order valence-corrected chi connectivity index (χ2v) is 7.20. The summed E-state index contributed by atoms with van der Waals surface area (Å²) in [4.78, 5) is 7.47. The number of ether oxygens (including phenoxy) is 1. The van der Waals surface area contributed by atoms with Crippen LogP contribution in [0, 0.1) is 0 Å². The molecule has 3 rings (SSSR count). The molecule has 0 spiro atoms. The number of hydrogen-bond acceptors (Lipinski definition) is 4. The number of aliphatic imine (C=N–C) groups is 1. The maximum absolute atomic E-state index is 10.2. The van der Waals surface area contributed by atoms with E-state index in [1.54, 1.807) is 13.2 Å². The highest BCUT2D eigenvalue weighted by Gasteiger charge is 2.37. The second kappa shape index (κ2) is 8.02. The highest BCUT2D eigenvalue weighted by Crippen LogP contribution is 2.36. The smallest absolute Gasteiger partial charge is 0.166 e. The molecule has 0 aromatic heterocycles. The maximum Gasteiger partial charge on any atom is 0.166 e. The lowest BCUT2D eigenvalue weighted by Gasteiger charge is -2.47. The molecule has 1 saturated heterocycles. The van der Waals surface area contributed by atoms with E-state index in [2.05, 4.69) is 4.90 Å². The van der Waals surface area contributed by atoms with Crippen molar-refractivity contribution in [3.05, 3.63) is 23.8 Å². The van der Waals surface area contributed by atoms with Crippen LogP contribution in [0.1, 0.15) is 56.9 Å². The van der Waals surface area contributed by atoms with Crippen LogP contribution in [0.2, 0.25) is 0 Å². The van der Waals surface area contributed by atoms with Crippen LogP contribution in [0.4, 0.5) is 0 Å². The predicted molar refractivity (Wildman–Crippen MR) is 98.4 cm³/mol. The molecule has 2 aliphatic rings. The lowest BCUT2D eigenvalue weighted by Crippen LogP contribution is -2.54. The third-order valence-corrected chi connectivity index (χ3v) is 5.68. The van der Waals surface area contributed by atoms with Crippen molar-refractivity contribution in [1.29, 1.82) is 0 Å². The molecular weight excluding hydrogens is 300 g/mol. The number of rotatable bonds is 5. The van der Waals surface area contributed by atoms with Crippen molar-refractivity contribution >= 4 is 6.21 Å². The molecule has 4 heteroatoms. The lowest BCUT2D eigenvalue weighted by atomic mass is 9.79. The number of benzene rings is 1. The zero-order valence-electron chi connectivity index (χ0n) is 14.8. The molecule has 24 heavy (non-hydrogen) atoms. The van der Waals surface area contributed by atoms with E-state index in [0.29, 0.717) is 5.75 Å². The first-order chi connectivity index (χ1) is 11.7. The van der Waals surface area contributed by atoms with Gasteiger partial charge in [-0.2, -0.15) is 0 Å². The molecule has 0 amide bonds. The molecule has 1 saturated carbocycles. The van der Waals surface area contributed by atoms with Crippen molar-refractivity contribution in [3.63, 3.8) is 0 Å². The van der Waals surface area contributed by atoms with Gasteiger partial charge in [0.2, 0.25) is 0 Å². The number of phenols is 1. The molecule has 4 nitrogen and oxygen atoms in total. The number of hydrogen-bond donors (Lipinski definition) is 1. The number of methoxy groups -OCH3 is 1. The number of nitrogens with zero attached hydrogens (tertiary/aromatic N) is 2. The van der Waals surface area contributed by atoms with Crippen molar-refractivity contribution in [2.75, 3.05) is 26.7 Å². The molecule has 0 bridgehead atoms. The summed E-state index contributed by atoms with van der Waals surface area (Å²) >= 11 is 0. The molecular formula is C20H30N2O2. The standard InChI is InChI=1S/C20H30N2O2/c1-24-18-10-8-9-17(19(18)23)15-21-16-20(11-4-2-5-12-20)22-13-6-3-7-14-22/h8-10,15,23H,2-7,11-14,16H2,1H3. The minimum atomic E-state index is 0.180. The first-order valence-electron chi connectivity index (χ1n) is 9.36. The fourth-order valence-corrected chi connectivity index (χ4v) is 4.27. The van der Waals surface area contributed by atoms with E-state index in [-0.39, 0.29) is 11.3 Å². The molecule has 1 N–H and O–H groups in total. The molecule has 1 aromatic carbocycles. The van der Waals surface area contributed by atoms with Gasteiger partial charge in [-0.05, 0) is 50.9 Å². The molecule has 0 radical (unpaired) electrons. The van der Waals surface area contributed by atoms with Crippen LogP contribution in [0.5, 0.6) is 11.5 Å². The van der Waals surface area contributed by atoms with Crippen LogP contribution in [0.15, 0.2) is 23.2 Å². The monoisotopic (exact) mass is 330 g/mol. The minimum Gasteiger partial charge on any atom is -0.504 e. The molecule has 1 aliphatic carbocycles. The van der Waals surface area contributed by atoms with Crippen LogP contribution < -0.4 is 4.74 Å². The zero-order valence-corrected chi connectivity index (χ0v) is 14.8. The van der Waals surface area contributed by atoms with E-state index in [1.807, 2.05) is 18.3 Å². The third-order valence-electron chi connectivity index (χ3n) is 5.68. The van der Waals surface area contributed by atoms with Gasteiger partial charge >= 0.3 is 0 Å². The van der Waals surface area contributed by atoms with Crippen molar-refractivity contribution in [3.8, 4) is 11.5 Å². The first-order valence-corrected chi connectivity index (χ1v) is 9.36. The number of likely N-dealkylation sites (tertiary alicyclic amines) is 1. The van der Waals surface area contributed by atoms with Crippen LogP contribution in [-0.2, 0) is 0 Å². The SMILES string of the molecule is COc1cccc(C=NCC2(N3CCCCC3)CCCCC2)c1O. The summed E-state index contributed by atoms with van der Waals surface area (Å²) in [6.07, 6.45) is 12.3.